The van der Waals surface area contributed by atoms with Crippen molar-refractivity contribution in [3.05, 3.63) is 59.7 Å². The lowest BCUT2D eigenvalue weighted by Crippen LogP contribution is -2.08. The summed E-state index contributed by atoms with van der Waals surface area (Å²) in [5.74, 6) is 1.17. The molecule has 4 nitrogen and oxygen atoms in total. The lowest BCUT2D eigenvalue weighted by atomic mass is 10.1. The minimum atomic E-state index is -0.184. The average Bonchev–Trinajstić information content (AvgIpc) is 2.54. The molecule has 0 aliphatic carbocycles. The van der Waals surface area contributed by atoms with Gasteiger partial charge >= 0.3 is 0 Å². The predicted octanol–water partition coefficient (Wildman–Crippen LogP) is 3.66. The number of carbonyl (C=O) groups is 1. The molecule has 2 aromatic rings. The number of hydrogen-bond acceptors (Lipinski definition) is 3. The number of ether oxygens (including phenoxy) is 2. The highest BCUT2D eigenvalue weighted by Crippen LogP contribution is 2.23. The van der Waals surface area contributed by atoms with Gasteiger partial charge in [0.15, 0.2) is 0 Å². The Labute approximate surface area is 130 Å². The molecule has 0 saturated carbocycles. The van der Waals surface area contributed by atoms with Crippen molar-refractivity contribution in [1.82, 2.24) is 0 Å². The molecule has 0 saturated heterocycles. The maximum absolute atomic E-state index is 12.0. The van der Waals surface area contributed by atoms with Crippen molar-refractivity contribution < 1.29 is 14.3 Å². The van der Waals surface area contributed by atoms with Crippen molar-refractivity contribution in [1.29, 1.82) is 0 Å². The number of rotatable bonds is 5. The van der Waals surface area contributed by atoms with Gasteiger partial charge in [0.05, 0.1) is 14.2 Å². The number of aryl methyl sites for hydroxylation is 1. The monoisotopic (exact) mass is 297 g/mol. The second-order valence-corrected chi connectivity index (χ2v) is 4.78. The van der Waals surface area contributed by atoms with E-state index in [-0.39, 0.29) is 5.91 Å². The fourth-order valence-electron chi connectivity index (χ4n) is 1.99. The SMILES string of the molecule is COc1cc(/C=C/C(=O)Nc2ccccc2C)cc(OC)c1. The number of benzene rings is 2. The zero-order chi connectivity index (χ0) is 15.9. The van der Waals surface area contributed by atoms with E-state index in [9.17, 15) is 4.79 Å². The van der Waals surface area contributed by atoms with Gasteiger partial charge in [0.1, 0.15) is 11.5 Å². The minimum Gasteiger partial charge on any atom is -0.497 e. The van der Waals surface area contributed by atoms with E-state index in [4.69, 9.17) is 9.47 Å². The predicted molar refractivity (Wildman–Crippen MR) is 88.4 cm³/mol. The summed E-state index contributed by atoms with van der Waals surface area (Å²) in [5.41, 5.74) is 2.66. The minimum absolute atomic E-state index is 0.184. The van der Waals surface area contributed by atoms with Crippen molar-refractivity contribution >= 4 is 17.7 Å². The third kappa shape index (κ3) is 4.12. The van der Waals surface area contributed by atoms with Gasteiger partial charge in [-0.05, 0) is 42.3 Å². The Morgan fingerprint density at radius 2 is 1.68 bits per heavy atom. The fraction of sp³-hybridized carbons (Fsp3) is 0.167. The molecule has 0 spiro atoms. The van der Waals surface area contributed by atoms with Crippen LogP contribution in [0.25, 0.3) is 6.08 Å². The molecule has 0 aliphatic rings. The van der Waals surface area contributed by atoms with Crippen molar-refractivity contribution in [3.63, 3.8) is 0 Å². The van der Waals surface area contributed by atoms with Crippen LogP contribution in [0.3, 0.4) is 0 Å². The number of amides is 1. The molecule has 2 aromatic carbocycles. The smallest absolute Gasteiger partial charge is 0.248 e. The van der Waals surface area contributed by atoms with Gasteiger partial charge in [-0.15, -0.1) is 0 Å². The first-order valence-corrected chi connectivity index (χ1v) is 6.90. The fourth-order valence-corrected chi connectivity index (χ4v) is 1.99. The highest BCUT2D eigenvalue weighted by molar-refractivity contribution is 6.02. The summed E-state index contributed by atoms with van der Waals surface area (Å²) in [6, 6.07) is 13.1. The van der Waals surface area contributed by atoms with Crippen molar-refractivity contribution in [2.75, 3.05) is 19.5 Å². The number of hydrogen-bond donors (Lipinski definition) is 1. The molecule has 0 atom stereocenters. The van der Waals surface area contributed by atoms with Crippen LogP contribution >= 0.6 is 0 Å². The molecule has 1 N–H and O–H groups in total. The number of carbonyl (C=O) groups excluding carboxylic acids is 1. The molecule has 0 heterocycles. The highest BCUT2D eigenvalue weighted by atomic mass is 16.5. The molecule has 0 aliphatic heterocycles. The Morgan fingerprint density at radius 1 is 1.05 bits per heavy atom. The zero-order valence-electron chi connectivity index (χ0n) is 12.9. The first-order chi connectivity index (χ1) is 10.6. The molecule has 114 valence electrons. The lowest BCUT2D eigenvalue weighted by molar-refractivity contribution is -0.111. The van der Waals surface area contributed by atoms with Crippen LogP contribution < -0.4 is 14.8 Å². The van der Waals surface area contributed by atoms with Gasteiger partial charge in [0, 0.05) is 17.8 Å². The molecule has 0 aromatic heterocycles. The summed E-state index contributed by atoms with van der Waals surface area (Å²) in [4.78, 5) is 12.0. The molecule has 4 heteroatoms. The third-order valence-electron chi connectivity index (χ3n) is 3.20. The maximum Gasteiger partial charge on any atom is 0.248 e. The topological polar surface area (TPSA) is 47.6 Å². The number of methoxy groups -OCH3 is 2. The Morgan fingerprint density at radius 3 is 2.27 bits per heavy atom. The second-order valence-electron chi connectivity index (χ2n) is 4.78. The van der Waals surface area contributed by atoms with Crippen molar-refractivity contribution in [3.8, 4) is 11.5 Å². The summed E-state index contributed by atoms with van der Waals surface area (Å²) in [6.45, 7) is 1.95. The van der Waals surface area contributed by atoms with E-state index in [0.717, 1.165) is 16.8 Å². The van der Waals surface area contributed by atoms with Crippen LogP contribution in [0.1, 0.15) is 11.1 Å². The molecule has 0 radical (unpaired) electrons. The summed E-state index contributed by atoms with van der Waals surface area (Å²) in [6.07, 6.45) is 3.21. The summed E-state index contributed by atoms with van der Waals surface area (Å²) < 4.78 is 10.4. The summed E-state index contributed by atoms with van der Waals surface area (Å²) in [7, 11) is 3.18. The molecule has 0 fully saturated rings. The number of para-hydroxylation sites is 1. The van der Waals surface area contributed by atoms with Gasteiger partial charge in [0.2, 0.25) is 5.91 Å². The van der Waals surface area contributed by atoms with Gasteiger partial charge in [-0.3, -0.25) is 4.79 Å². The van der Waals surface area contributed by atoms with Crippen LogP contribution in [0, 0.1) is 6.92 Å². The van der Waals surface area contributed by atoms with Crippen LogP contribution in [0.2, 0.25) is 0 Å². The van der Waals surface area contributed by atoms with Crippen LogP contribution in [-0.4, -0.2) is 20.1 Å². The molecule has 0 unspecified atom stereocenters. The molecular formula is C18H19NO3. The standard InChI is InChI=1S/C18H19NO3/c1-13-6-4-5-7-17(13)19-18(20)9-8-14-10-15(21-2)12-16(11-14)22-3/h4-12H,1-3H3,(H,19,20)/b9-8+. The van der Waals surface area contributed by atoms with E-state index < -0.39 is 0 Å². The summed E-state index contributed by atoms with van der Waals surface area (Å²) in [5, 5.41) is 2.85. The normalized spacial score (nSPS) is 10.5. The Hall–Kier alpha value is -2.75. The Bertz CT molecular complexity index is 670. The maximum atomic E-state index is 12.0. The van der Waals surface area contributed by atoms with E-state index in [1.165, 1.54) is 6.08 Å². The van der Waals surface area contributed by atoms with Gasteiger partial charge in [-0.2, -0.15) is 0 Å². The third-order valence-corrected chi connectivity index (χ3v) is 3.20. The van der Waals surface area contributed by atoms with Crippen LogP contribution in [0.4, 0.5) is 5.69 Å². The molecule has 22 heavy (non-hydrogen) atoms. The average molecular weight is 297 g/mol. The largest absolute Gasteiger partial charge is 0.497 e. The highest BCUT2D eigenvalue weighted by Gasteiger charge is 2.02. The molecule has 1 amide bonds. The van der Waals surface area contributed by atoms with Gasteiger partial charge in [0.25, 0.3) is 0 Å². The van der Waals surface area contributed by atoms with Gasteiger partial charge in [-0.1, -0.05) is 18.2 Å². The van der Waals surface area contributed by atoms with Crippen molar-refractivity contribution in [2.45, 2.75) is 6.92 Å². The Kier molecular flexibility index (Phi) is 5.20. The van der Waals surface area contributed by atoms with Crippen molar-refractivity contribution in [2.24, 2.45) is 0 Å². The summed E-state index contributed by atoms with van der Waals surface area (Å²) >= 11 is 0. The van der Waals surface area contributed by atoms with Crippen LogP contribution in [0.15, 0.2) is 48.5 Å². The molecule has 2 rings (SSSR count). The molecule has 0 bridgehead atoms. The van der Waals surface area contributed by atoms with Crippen LogP contribution in [0.5, 0.6) is 11.5 Å². The first kappa shape index (κ1) is 15.6. The quantitative estimate of drug-likeness (QED) is 0.857. The van der Waals surface area contributed by atoms with Gasteiger partial charge < -0.3 is 14.8 Å². The van der Waals surface area contributed by atoms with Gasteiger partial charge in [-0.25, -0.2) is 0 Å². The Balaban J connectivity index is 2.11. The van der Waals surface area contributed by atoms with E-state index in [2.05, 4.69) is 5.32 Å². The van der Waals surface area contributed by atoms with E-state index in [1.807, 2.05) is 43.3 Å². The second kappa shape index (κ2) is 7.31. The number of anilines is 1. The van der Waals surface area contributed by atoms with Crippen LogP contribution in [-0.2, 0) is 4.79 Å². The number of nitrogens with one attached hydrogen (secondary N) is 1. The van der Waals surface area contributed by atoms with E-state index in [0.29, 0.717) is 11.5 Å². The lowest BCUT2D eigenvalue weighted by Gasteiger charge is -2.06. The first-order valence-electron chi connectivity index (χ1n) is 6.90. The van der Waals surface area contributed by atoms with E-state index >= 15 is 0 Å². The zero-order valence-corrected chi connectivity index (χ0v) is 12.9. The van der Waals surface area contributed by atoms with E-state index in [1.54, 1.807) is 26.4 Å². The molecular weight excluding hydrogens is 278 g/mol.